The average molecular weight is 182 g/mol. The summed E-state index contributed by atoms with van der Waals surface area (Å²) in [6.07, 6.45) is 6.10. The molecule has 0 bridgehead atoms. The first kappa shape index (κ1) is 10.6. The topological polar surface area (TPSA) is 27.1 Å². The number of amidine groups is 1. The van der Waals surface area contributed by atoms with Crippen molar-refractivity contribution in [3.63, 3.8) is 0 Å². The standard InChI is InChI=1S/C11H22N2/c1-4-11(12)13(3)10-7-5-9(2)6-8-10/h9-10,12H,4-8H2,1-3H3. The van der Waals surface area contributed by atoms with Crippen molar-refractivity contribution < 1.29 is 0 Å². The lowest BCUT2D eigenvalue weighted by atomic mass is 9.86. The zero-order valence-corrected chi connectivity index (χ0v) is 9.14. The second-order valence-corrected chi connectivity index (χ2v) is 4.32. The quantitative estimate of drug-likeness (QED) is 0.516. The smallest absolute Gasteiger partial charge is 0.0954 e. The normalized spacial score (nSPS) is 28.5. The van der Waals surface area contributed by atoms with Gasteiger partial charge in [0.05, 0.1) is 5.84 Å². The van der Waals surface area contributed by atoms with Gasteiger partial charge in [-0.25, -0.2) is 0 Å². The second kappa shape index (κ2) is 4.64. The molecule has 0 amide bonds. The molecule has 0 aromatic rings. The summed E-state index contributed by atoms with van der Waals surface area (Å²) in [5.41, 5.74) is 0. The second-order valence-electron chi connectivity index (χ2n) is 4.32. The molecule has 1 aliphatic rings. The van der Waals surface area contributed by atoms with Gasteiger partial charge in [-0.05, 0) is 31.6 Å². The van der Waals surface area contributed by atoms with Crippen LogP contribution < -0.4 is 0 Å². The summed E-state index contributed by atoms with van der Waals surface area (Å²) < 4.78 is 0. The summed E-state index contributed by atoms with van der Waals surface area (Å²) in [6, 6.07) is 0.642. The van der Waals surface area contributed by atoms with E-state index in [1.165, 1.54) is 25.7 Å². The van der Waals surface area contributed by atoms with Crippen LogP contribution in [0, 0.1) is 11.3 Å². The van der Waals surface area contributed by atoms with Gasteiger partial charge >= 0.3 is 0 Å². The van der Waals surface area contributed by atoms with Gasteiger partial charge in [0.15, 0.2) is 0 Å². The van der Waals surface area contributed by atoms with Crippen molar-refractivity contribution in [1.82, 2.24) is 4.90 Å². The molecule has 0 atom stereocenters. The zero-order valence-electron chi connectivity index (χ0n) is 9.14. The largest absolute Gasteiger partial charge is 0.361 e. The van der Waals surface area contributed by atoms with E-state index < -0.39 is 0 Å². The third-order valence-electron chi connectivity index (χ3n) is 3.29. The fourth-order valence-electron chi connectivity index (χ4n) is 2.10. The summed E-state index contributed by atoms with van der Waals surface area (Å²) in [7, 11) is 2.08. The van der Waals surface area contributed by atoms with Crippen LogP contribution >= 0.6 is 0 Å². The minimum atomic E-state index is 0.642. The molecule has 0 unspecified atom stereocenters. The van der Waals surface area contributed by atoms with Crippen molar-refractivity contribution in [2.45, 2.75) is 52.0 Å². The maximum Gasteiger partial charge on any atom is 0.0954 e. The Kier molecular flexibility index (Phi) is 3.76. The molecule has 1 N–H and O–H groups in total. The van der Waals surface area contributed by atoms with Gasteiger partial charge in [0.2, 0.25) is 0 Å². The number of hydrogen-bond donors (Lipinski definition) is 1. The van der Waals surface area contributed by atoms with Crippen molar-refractivity contribution in [2.75, 3.05) is 7.05 Å². The van der Waals surface area contributed by atoms with E-state index in [1.54, 1.807) is 0 Å². The highest BCUT2D eigenvalue weighted by Gasteiger charge is 2.22. The van der Waals surface area contributed by atoms with E-state index >= 15 is 0 Å². The molecule has 0 heterocycles. The third kappa shape index (κ3) is 2.71. The highest BCUT2D eigenvalue weighted by Crippen LogP contribution is 2.26. The van der Waals surface area contributed by atoms with Crippen molar-refractivity contribution in [2.24, 2.45) is 5.92 Å². The van der Waals surface area contributed by atoms with Gasteiger partial charge in [-0.3, -0.25) is 5.41 Å². The van der Waals surface area contributed by atoms with E-state index in [-0.39, 0.29) is 0 Å². The highest BCUT2D eigenvalue weighted by atomic mass is 15.2. The van der Waals surface area contributed by atoms with Crippen LogP contribution in [0.2, 0.25) is 0 Å². The van der Waals surface area contributed by atoms with Crippen LogP contribution in [0.4, 0.5) is 0 Å². The molecular formula is C11H22N2. The highest BCUT2D eigenvalue weighted by molar-refractivity contribution is 5.78. The summed E-state index contributed by atoms with van der Waals surface area (Å²) in [5.74, 6) is 1.69. The van der Waals surface area contributed by atoms with E-state index in [0.717, 1.165) is 18.2 Å². The Balaban J connectivity index is 2.39. The van der Waals surface area contributed by atoms with E-state index in [4.69, 9.17) is 5.41 Å². The Morgan fingerprint density at radius 3 is 2.31 bits per heavy atom. The third-order valence-corrected chi connectivity index (χ3v) is 3.29. The molecule has 0 radical (unpaired) electrons. The fraction of sp³-hybridized carbons (Fsp3) is 0.909. The monoisotopic (exact) mass is 182 g/mol. The first-order valence-corrected chi connectivity index (χ1v) is 5.45. The number of rotatable bonds is 2. The SMILES string of the molecule is CCC(=N)N(C)C1CCC(C)CC1. The summed E-state index contributed by atoms with van der Waals surface area (Å²) in [6.45, 7) is 4.39. The lowest BCUT2D eigenvalue weighted by Crippen LogP contribution is -2.38. The molecule has 0 spiro atoms. The lowest BCUT2D eigenvalue weighted by Gasteiger charge is -2.34. The van der Waals surface area contributed by atoms with Crippen molar-refractivity contribution >= 4 is 5.84 Å². The molecule has 0 aromatic carbocycles. The average Bonchev–Trinajstić information content (AvgIpc) is 2.17. The van der Waals surface area contributed by atoms with Crippen LogP contribution in [0.1, 0.15) is 46.0 Å². The van der Waals surface area contributed by atoms with Gasteiger partial charge < -0.3 is 4.90 Å². The molecule has 76 valence electrons. The van der Waals surface area contributed by atoms with Crippen LogP contribution in [-0.4, -0.2) is 23.8 Å². The van der Waals surface area contributed by atoms with Gasteiger partial charge in [-0.1, -0.05) is 13.8 Å². The molecule has 13 heavy (non-hydrogen) atoms. The van der Waals surface area contributed by atoms with Crippen LogP contribution in [0.25, 0.3) is 0 Å². The van der Waals surface area contributed by atoms with E-state index in [9.17, 15) is 0 Å². The van der Waals surface area contributed by atoms with Crippen LogP contribution in [0.5, 0.6) is 0 Å². The molecule has 2 heteroatoms. The minimum absolute atomic E-state index is 0.642. The van der Waals surface area contributed by atoms with Gasteiger partial charge in [-0.2, -0.15) is 0 Å². The molecule has 1 rings (SSSR count). The molecule has 1 aliphatic carbocycles. The van der Waals surface area contributed by atoms with E-state index in [0.29, 0.717) is 6.04 Å². The van der Waals surface area contributed by atoms with Crippen LogP contribution in [-0.2, 0) is 0 Å². The minimum Gasteiger partial charge on any atom is -0.361 e. The molecule has 2 nitrogen and oxygen atoms in total. The van der Waals surface area contributed by atoms with Crippen molar-refractivity contribution in [3.05, 3.63) is 0 Å². The van der Waals surface area contributed by atoms with Crippen molar-refractivity contribution in [1.29, 1.82) is 5.41 Å². The zero-order chi connectivity index (χ0) is 9.84. The summed E-state index contributed by atoms with van der Waals surface area (Å²) >= 11 is 0. The van der Waals surface area contributed by atoms with E-state index in [2.05, 4.69) is 25.8 Å². The van der Waals surface area contributed by atoms with Crippen molar-refractivity contribution in [3.8, 4) is 0 Å². The first-order valence-electron chi connectivity index (χ1n) is 5.45. The Morgan fingerprint density at radius 1 is 1.31 bits per heavy atom. The van der Waals surface area contributed by atoms with Gasteiger partial charge in [0.1, 0.15) is 0 Å². The van der Waals surface area contributed by atoms with Gasteiger partial charge in [0, 0.05) is 19.5 Å². The number of nitrogens with zero attached hydrogens (tertiary/aromatic N) is 1. The van der Waals surface area contributed by atoms with Gasteiger partial charge in [0.25, 0.3) is 0 Å². The Bertz CT molecular complexity index is 169. The molecular weight excluding hydrogens is 160 g/mol. The Morgan fingerprint density at radius 2 is 1.85 bits per heavy atom. The summed E-state index contributed by atoms with van der Waals surface area (Å²) in [4.78, 5) is 2.17. The predicted molar refractivity (Wildman–Crippen MR) is 57.2 cm³/mol. The van der Waals surface area contributed by atoms with Crippen LogP contribution in [0.15, 0.2) is 0 Å². The molecule has 1 fully saturated rings. The molecule has 0 saturated heterocycles. The maximum atomic E-state index is 7.76. The number of hydrogen-bond acceptors (Lipinski definition) is 1. The Labute approximate surface area is 81.8 Å². The fourth-order valence-corrected chi connectivity index (χ4v) is 2.10. The van der Waals surface area contributed by atoms with Gasteiger partial charge in [-0.15, -0.1) is 0 Å². The Hall–Kier alpha value is -0.530. The number of nitrogens with one attached hydrogen (secondary N) is 1. The first-order chi connectivity index (χ1) is 6.15. The molecule has 0 aliphatic heterocycles. The molecule has 1 saturated carbocycles. The summed E-state index contributed by atoms with van der Waals surface area (Å²) in [5, 5.41) is 7.76. The van der Waals surface area contributed by atoms with E-state index in [1.807, 2.05) is 0 Å². The predicted octanol–water partition coefficient (Wildman–Crippen LogP) is 2.88. The maximum absolute atomic E-state index is 7.76. The molecule has 0 aromatic heterocycles. The van der Waals surface area contributed by atoms with Crippen LogP contribution in [0.3, 0.4) is 0 Å². The lowest BCUT2D eigenvalue weighted by molar-refractivity contribution is 0.236.